The molecule has 0 aromatic rings. The van der Waals surface area contributed by atoms with Gasteiger partial charge >= 0.3 is 0 Å². The van der Waals surface area contributed by atoms with Crippen LogP contribution >= 0.6 is 0 Å². The van der Waals surface area contributed by atoms with Crippen molar-refractivity contribution in [2.75, 3.05) is 6.61 Å². The van der Waals surface area contributed by atoms with E-state index in [1.54, 1.807) is 0 Å². The second-order valence-corrected chi connectivity index (χ2v) is 2.38. The lowest BCUT2D eigenvalue weighted by molar-refractivity contribution is 0.203. The fourth-order valence-electron chi connectivity index (χ4n) is 0.497. The van der Waals surface area contributed by atoms with E-state index >= 15 is 0 Å². The molecule has 0 bridgehead atoms. The molecule has 1 unspecified atom stereocenters. The van der Waals surface area contributed by atoms with Crippen molar-refractivity contribution in [3.8, 4) is 0 Å². The molecule has 0 aliphatic heterocycles. The van der Waals surface area contributed by atoms with Gasteiger partial charge in [-0.15, -0.1) is 0 Å². The van der Waals surface area contributed by atoms with Crippen molar-refractivity contribution in [2.24, 2.45) is 0 Å². The fraction of sp³-hybridized carbons (Fsp3) is 1.00. The minimum atomic E-state index is 0.287. The molecule has 0 spiro atoms. The largest absolute Gasteiger partial charge is 0.425 e. The Labute approximate surface area is 53.4 Å². The van der Waals surface area contributed by atoms with E-state index in [4.69, 9.17) is 9.53 Å². The van der Waals surface area contributed by atoms with Crippen LogP contribution in [0.15, 0.2) is 0 Å². The minimum Gasteiger partial charge on any atom is -0.425 e. The van der Waals surface area contributed by atoms with Crippen LogP contribution in [0.1, 0.15) is 19.8 Å². The first-order chi connectivity index (χ1) is 3.81. The smallest absolute Gasteiger partial charge is 0.146 e. The summed E-state index contributed by atoms with van der Waals surface area (Å²) in [5.74, 6) is 0. The Bertz CT molecular complexity index is 49.7. The molecule has 0 fully saturated rings. The van der Waals surface area contributed by atoms with Crippen LogP contribution in [0.25, 0.3) is 0 Å². The average Bonchev–Trinajstić information content (AvgIpc) is 1.83. The highest BCUT2D eigenvalue weighted by atomic mass is 28.2. The van der Waals surface area contributed by atoms with E-state index < -0.39 is 0 Å². The van der Waals surface area contributed by atoms with Crippen LogP contribution in [0, 0.1) is 0 Å². The van der Waals surface area contributed by atoms with Crippen molar-refractivity contribution in [2.45, 2.75) is 25.9 Å². The first-order valence-corrected chi connectivity index (χ1v) is 3.76. The Morgan fingerprint density at radius 1 is 1.75 bits per heavy atom. The van der Waals surface area contributed by atoms with Gasteiger partial charge in [0.1, 0.15) is 10.5 Å². The number of hydrogen-bond donors (Lipinski definition) is 1. The number of aliphatic hydroxyl groups is 1. The zero-order chi connectivity index (χ0) is 6.41. The van der Waals surface area contributed by atoms with Crippen molar-refractivity contribution in [3.05, 3.63) is 0 Å². The molecule has 0 aromatic carbocycles. The maximum Gasteiger partial charge on any atom is 0.146 e. The van der Waals surface area contributed by atoms with Gasteiger partial charge < -0.3 is 9.53 Å². The molecule has 1 N–H and O–H groups in total. The predicted octanol–water partition coefficient (Wildman–Crippen LogP) is -0.556. The molecule has 8 heavy (non-hydrogen) atoms. The lowest BCUT2D eigenvalue weighted by Gasteiger charge is -2.06. The van der Waals surface area contributed by atoms with Gasteiger partial charge in [0.2, 0.25) is 0 Å². The summed E-state index contributed by atoms with van der Waals surface area (Å²) in [6.45, 7) is 2.32. The highest BCUT2D eigenvalue weighted by Gasteiger charge is 1.94. The molecule has 1 atom stereocenters. The lowest BCUT2D eigenvalue weighted by Crippen LogP contribution is -2.05. The summed E-state index contributed by atoms with van der Waals surface area (Å²) in [4.78, 5) is 0. The monoisotopic (exact) mass is 134 g/mol. The molecule has 50 valence electrons. The summed E-state index contributed by atoms with van der Waals surface area (Å²) < 4.78 is 5.08. The fourth-order valence-corrected chi connectivity index (χ4v) is 0.732. The average molecular weight is 134 g/mol. The topological polar surface area (TPSA) is 29.5 Å². The van der Waals surface area contributed by atoms with Gasteiger partial charge in [0, 0.05) is 12.7 Å². The first-order valence-electron chi connectivity index (χ1n) is 2.95. The van der Waals surface area contributed by atoms with E-state index in [-0.39, 0.29) is 6.61 Å². The molecule has 0 saturated heterocycles. The number of aliphatic hydroxyl groups excluding tert-OH is 1. The summed E-state index contributed by atoms with van der Waals surface area (Å²) in [5, 5.41) is 8.37. The SMILES string of the molecule is CC(CCCO)O[SiH3]. The van der Waals surface area contributed by atoms with Gasteiger partial charge in [0.15, 0.2) is 0 Å². The third kappa shape index (κ3) is 4.30. The zero-order valence-electron chi connectivity index (χ0n) is 5.55. The van der Waals surface area contributed by atoms with E-state index in [0.717, 1.165) is 23.3 Å². The van der Waals surface area contributed by atoms with Gasteiger partial charge in [-0.1, -0.05) is 0 Å². The molecule has 0 rings (SSSR count). The molecule has 0 saturated carbocycles. The van der Waals surface area contributed by atoms with Crippen LogP contribution in [-0.4, -0.2) is 28.3 Å². The van der Waals surface area contributed by atoms with E-state index in [1.165, 1.54) is 0 Å². The predicted molar refractivity (Wildman–Crippen MR) is 36.8 cm³/mol. The molecule has 0 amide bonds. The molecular formula is C5H14O2Si. The minimum absolute atomic E-state index is 0.287. The Kier molecular flexibility index (Phi) is 5.37. The van der Waals surface area contributed by atoms with E-state index in [0.29, 0.717) is 6.10 Å². The zero-order valence-corrected chi connectivity index (χ0v) is 7.55. The van der Waals surface area contributed by atoms with Crippen molar-refractivity contribution < 1.29 is 9.53 Å². The quantitative estimate of drug-likeness (QED) is 0.523. The highest BCUT2D eigenvalue weighted by molar-refractivity contribution is 5.98. The summed E-state index contributed by atoms with van der Waals surface area (Å²) >= 11 is 0. The second kappa shape index (κ2) is 5.28. The Hall–Kier alpha value is 0.137. The maximum absolute atomic E-state index is 8.37. The van der Waals surface area contributed by atoms with Gasteiger partial charge in [-0.05, 0) is 19.8 Å². The third-order valence-electron chi connectivity index (χ3n) is 1.17. The van der Waals surface area contributed by atoms with Crippen LogP contribution in [0.2, 0.25) is 0 Å². The first kappa shape index (κ1) is 8.14. The molecule has 2 nitrogen and oxygen atoms in total. The van der Waals surface area contributed by atoms with Crippen molar-refractivity contribution >= 4 is 10.5 Å². The Morgan fingerprint density at radius 3 is 2.75 bits per heavy atom. The van der Waals surface area contributed by atoms with Gasteiger partial charge in [0.25, 0.3) is 0 Å². The van der Waals surface area contributed by atoms with Crippen molar-refractivity contribution in [1.82, 2.24) is 0 Å². The second-order valence-electron chi connectivity index (χ2n) is 1.91. The van der Waals surface area contributed by atoms with Gasteiger partial charge in [-0.25, -0.2) is 0 Å². The van der Waals surface area contributed by atoms with Gasteiger partial charge in [0.05, 0.1) is 0 Å². The standard InChI is InChI=1S/C5H14O2Si/c1-5(7-8)3-2-4-6/h5-6H,2-4H2,1,8H3. The molecule has 0 heterocycles. The Morgan fingerprint density at radius 2 is 2.38 bits per heavy atom. The van der Waals surface area contributed by atoms with E-state index in [9.17, 15) is 0 Å². The van der Waals surface area contributed by atoms with Crippen molar-refractivity contribution in [1.29, 1.82) is 0 Å². The molecular weight excluding hydrogens is 120 g/mol. The van der Waals surface area contributed by atoms with Crippen LogP contribution in [-0.2, 0) is 4.43 Å². The third-order valence-corrected chi connectivity index (χ3v) is 1.98. The van der Waals surface area contributed by atoms with E-state index in [2.05, 4.69) is 0 Å². The van der Waals surface area contributed by atoms with Crippen LogP contribution < -0.4 is 0 Å². The highest BCUT2D eigenvalue weighted by Crippen LogP contribution is 1.96. The summed E-state index contributed by atoms with van der Waals surface area (Å²) in [6.07, 6.45) is 2.21. The van der Waals surface area contributed by atoms with E-state index in [1.807, 2.05) is 6.92 Å². The van der Waals surface area contributed by atoms with Crippen LogP contribution in [0.3, 0.4) is 0 Å². The van der Waals surface area contributed by atoms with Crippen LogP contribution in [0.5, 0.6) is 0 Å². The molecule has 3 heteroatoms. The summed E-state index contributed by atoms with van der Waals surface area (Å²) in [5.41, 5.74) is 0. The lowest BCUT2D eigenvalue weighted by atomic mass is 10.2. The summed E-state index contributed by atoms with van der Waals surface area (Å²) in [7, 11) is 0.808. The molecule has 0 radical (unpaired) electrons. The molecule has 0 aliphatic rings. The number of hydrogen-bond acceptors (Lipinski definition) is 2. The number of rotatable bonds is 4. The Balaban J connectivity index is 2.86. The van der Waals surface area contributed by atoms with Crippen molar-refractivity contribution in [3.63, 3.8) is 0 Å². The summed E-state index contributed by atoms with van der Waals surface area (Å²) in [6, 6.07) is 0. The molecule has 0 aliphatic carbocycles. The van der Waals surface area contributed by atoms with Crippen LogP contribution in [0.4, 0.5) is 0 Å². The van der Waals surface area contributed by atoms with Gasteiger partial charge in [-0.3, -0.25) is 0 Å². The molecule has 0 aromatic heterocycles. The maximum atomic E-state index is 8.37. The van der Waals surface area contributed by atoms with Gasteiger partial charge in [-0.2, -0.15) is 0 Å². The normalized spacial score (nSPS) is 14.2.